The van der Waals surface area contributed by atoms with Crippen LogP contribution < -0.4 is 11.1 Å². The number of nitrogens with zero attached hydrogens (tertiary/aromatic N) is 1. The molecule has 3 N–H and O–H groups in total. The minimum absolute atomic E-state index is 0.131. The second-order valence-electron chi connectivity index (χ2n) is 4.81. The van der Waals surface area contributed by atoms with Crippen molar-refractivity contribution >= 4 is 44.7 Å². The lowest BCUT2D eigenvalue weighted by molar-refractivity contribution is -0.127. The van der Waals surface area contributed by atoms with Crippen LogP contribution in [0.5, 0.6) is 0 Å². The zero-order valence-corrected chi connectivity index (χ0v) is 12.3. The summed E-state index contributed by atoms with van der Waals surface area (Å²) in [6.07, 6.45) is 4.69. The van der Waals surface area contributed by atoms with Gasteiger partial charge >= 0.3 is 0 Å². The molecule has 0 spiro atoms. The molecule has 18 heavy (non-hydrogen) atoms. The summed E-state index contributed by atoms with van der Waals surface area (Å²) >= 11 is 8.35. The standard InChI is InChI=1S/C12H14BrN3OS/c1-7-3-12(4-7,10(14)18)11(17)16-9-2-8(13)5-15-6-9/h2,5-7H,3-4H2,1H3,(H2,14,18)(H,16,17). The van der Waals surface area contributed by atoms with Crippen LogP contribution in [-0.2, 0) is 4.79 Å². The summed E-state index contributed by atoms with van der Waals surface area (Å²) in [5.41, 5.74) is 5.68. The number of rotatable bonds is 3. The van der Waals surface area contributed by atoms with Crippen LogP contribution in [0.3, 0.4) is 0 Å². The van der Waals surface area contributed by atoms with Crippen LogP contribution in [-0.4, -0.2) is 15.9 Å². The van der Waals surface area contributed by atoms with Crippen LogP contribution >= 0.6 is 28.1 Å². The SMILES string of the molecule is CC1CC(C(=O)Nc2cncc(Br)c2)(C(N)=S)C1. The minimum Gasteiger partial charge on any atom is -0.392 e. The molecule has 0 unspecified atom stereocenters. The zero-order valence-electron chi connectivity index (χ0n) is 9.94. The van der Waals surface area contributed by atoms with Crippen LogP contribution in [0.25, 0.3) is 0 Å². The van der Waals surface area contributed by atoms with Crippen molar-refractivity contribution in [3.63, 3.8) is 0 Å². The maximum absolute atomic E-state index is 12.3. The van der Waals surface area contributed by atoms with E-state index in [1.807, 2.05) is 0 Å². The fourth-order valence-corrected chi connectivity index (χ4v) is 2.98. The molecule has 0 saturated heterocycles. The van der Waals surface area contributed by atoms with Gasteiger partial charge in [0.1, 0.15) is 0 Å². The lowest BCUT2D eigenvalue weighted by Crippen LogP contribution is -2.53. The Morgan fingerprint density at radius 2 is 2.28 bits per heavy atom. The smallest absolute Gasteiger partial charge is 0.237 e. The molecule has 1 aliphatic rings. The van der Waals surface area contributed by atoms with E-state index >= 15 is 0 Å². The van der Waals surface area contributed by atoms with E-state index in [1.54, 1.807) is 18.5 Å². The summed E-state index contributed by atoms with van der Waals surface area (Å²) < 4.78 is 0.812. The number of anilines is 1. The number of carbonyl (C=O) groups excluding carboxylic acids is 1. The molecule has 1 aromatic rings. The van der Waals surface area contributed by atoms with Gasteiger partial charge in [-0.2, -0.15) is 0 Å². The molecule has 1 fully saturated rings. The Hall–Kier alpha value is -1.01. The molecule has 4 nitrogen and oxygen atoms in total. The average Bonchev–Trinajstić information content (AvgIpc) is 2.23. The van der Waals surface area contributed by atoms with Gasteiger partial charge in [0, 0.05) is 10.7 Å². The van der Waals surface area contributed by atoms with E-state index in [-0.39, 0.29) is 10.9 Å². The normalized spacial score (nSPS) is 26.2. The Bertz CT molecular complexity index is 500. The number of hydrogen-bond donors (Lipinski definition) is 2. The van der Waals surface area contributed by atoms with Crippen LogP contribution in [0.1, 0.15) is 19.8 Å². The Morgan fingerprint density at radius 1 is 1.61 bits per heavy atom. The first-order valence-corrected chi connectivity index (χ1v) is 6.86. The van der Waals surface area contributed by atoms with Gasteiger partial charge in [-0.25, -0.2) is 0 Å². The fraction of sp³-hybridized carbons (Fsp3) is 0.417. The van der Waals surface area contributed by atoms with Crippen molar-refractivity contribution < 1.29 is 4.79 Å². The van der Waals surface area contributed by atoms with Crippen molar-refractivity contribution in [2.45, 2.75) is 19.8 Å². The number of pyridine rings is 1. The van der Waals surface area contributed by atoms with Crippen molar-refractivity contribution in [2.24, 2.45) is 17.1 Å². The largest absolute Gasteiger partial charge is 0.392 e. The van der Waals surface area contributed by atoms with Crippen molar-refractivity contribution in [3.05, 3.63) is 22.9 Å². The van der Waals surface area contributed by atoms with Crippen LogP contribution in [0.2, 0.25) is 0 Å². The molecular weight excluding hydrogens is 314 g/mol. The van der Waals surface area contributed by atoms with E-state index in [0.29, 0.717) is 11.6 Å². The third kappa shape index (κ3) is 2.40. The summed E-state index contributed by atoms with van der Waals surface area (Å²) in [5, 5.41) is 2.83. The number of hydrogen-bond acceptors (Lipinski definition) is 3. The van der Waals surface area contributed by atoms with Gasteiger partial charge in [-0.05, 0) is 40.8 Å². The van der Waals surface area contributed by atoms with Gasteiger partial charge < -0.3 is 11.1 Å². The molecule has 6 heteroatoms. The van der Waals surface area contributed by atoms with E-state index in [4.69, 9.17) is 18.0 Å². The highest BCUT2D eigenvalue weighted by Gasteiger charge is 2.50. The monoisotopic (exact) mass is 327 g/mol. The molecule has 0 atom stereocenters. The van der Waals surface area contributed by atoms with E-state index in [1.165, 1.54) is 0 Å². The third-order valence-corrected chi connectivity index (χ3v) is 4.09. The molecule has 0 aromatic carbocycles. The van der Waals surface area contributed by atoms with E-state index in [0.717, 1.165) is 17.3 Å². The molecule has 0 bridgehead atoms. The lowest BCUT2D eigenvalue weighted by Gasteiger charge is -2.44. The topological polar surface area (TPSA) is 68.0 Å². The predicted octanol–water partition coefficient (Wildman–Crippen LogP) is 2.49. The van der Waals surface area contributed by atoms with Crippen molar-refractivity contribution in [1.29, 1.82) is 0 Å². The number of amides is 1. The van der Waals surface area contributed by atoms with Gasteiger partial charge in [0.05, 0.1) is 22.3 Å². The Balaban J connectivity index is 2.14. The predicted molar refractivity (Wildman–Crippen MR) is 78.2 cm³/mol. The highest BCUT2D eigenvalue weighted by molar-refractivity contribution is 9.10. The number of thiocarbonyl (C=S) groups is 1. The molecular formula is C12H14BrN3OS. The summed E-state index contributed by atoms with van der Waals surface area (Å²) in [6.45, 7) is 2.09. The molecule has 1 aliphatic carbocycles. The number of aromatic nitrogens is 1. The van der Waals surface area contributed by atoms with Crippen molar-refractivity contribution in [3.8, 4) is 0 Å². The third-order valence-electron chi connectivity index (χ3n) is 3.26. The number of carbonyl (C=O) groups is 1. The maximum Gasteiger partial charge on any atom is 0.237 e. The van der Waals surface area contributed by atoms with Crippen LogP contribution in [0, 0.1) is 11.3 Å². The number of nitrogens with one attached hydrogen (secondary N) is 1. The highest BCUT2D eigenvalue weighted by atomic mass is 79.9. The van der Waals surface area contributed by atoms with Gasteiger partial charge in [0.2, 0.25) is 5.91 Å². The molecule has 1 amide bonds. The van der Waals surface area contributed by atoms with E-state index < -0.39 is 5.41 Å². The van der Waals surface area contributed by atoms with Gasteiger partial charge in [-0.3, -0.25) is 9.78 Å². The molecule has 1 saturated carbocycles. The summed E-state index contributed by atoms with van der Waals surface area (Å²) in [6, 6.07) is 1.79. The quantitative estimate of drug-likeness (QED) is 0.837. The first-order chi connectivity index (χ1) is 8.44. The lowest BCUT2D eigenvalue weighted by atomic mass is 9.62. The number of nitrogens with two attached hydrogens (primary N) is 1. The van der Waals surface area contributed by atoms with Crippen molar-refractivity contribution in [1.82, 2.24) is 4.98 Å². The van der Waals surface area contributed by atoms with Crippen LogP contribution in [0.4, 0.5) is 5.69 Å². The molecule has 1 aromatic heterocycles. The van der Waals surface area contributed by atoms with E-state index in [9.17, 15) is 4.79 Å². The highest BCUT2D eigenvalue weighted by Crippen LogP contribution is 2.46. The van der Waals surface area contributed by atoms with Gasteiger partial charge in [-0.1, -0.05) is 19.1 Å². The minimum atomic E-state index is -0.683. The first kappa shape index (κ1) is 13.4. The Morgan fingerprint density at radius 3 is 2.78 bits per heavy atom. The molecule has 0 radical (unpaired) electrons. The second-order valence-corrected chi connectivity index (χ2v) is 6.16. The molecule has 0 aliphatic heterocycles. The summed E-state index contributed by atoms with van der Waals surface area (Å²) in [4.78, 5) is 16.6. The van der Waals surface area contributed by atoms with Crippen molar-refractivity contribution in [2.75, 3.05) is 5.32 Å². The van der Waals surface area contributed by atoms with Crippen LogP contribution in [0.15, 0.2) is 22.9 Å². The van der Waals surface area contributed by atoms with Gasteiger partial charge in [0.25, 0.3) is 0 Å². The maximum atomic E-state index is 12.3. The van der Waals surface area contributed by atoms with Gasteiger partial charge in [0.15, 0.2) is 0 Å². The van der Waals surface area contributed by atoms with E-state index in [2.05, 4.69) is 33.2 Å². The average molecular weight is 328 g/mol. The Labute approximate surface area is 119 Å². The number of halogens is 1. The second kappa shape index (κ2) is 4.93. The zero-order chi connectivity index (χ0) is 13.3. The molecule has 1 heterocycles. The summed E-state index contributed by atoms with van der Waals surface area (Å²) in [7, 11) is 0. The Kier molecular flexibility index (Phi) is 3.68. The van der Waals surface area contributed by atoms with Gasteiger partial charge in [-0.15, -0.1) is 0 Å². The molecule has 2 rings (SSSR count). The molecule has 96 valence electrons. The fourth-order valence-electron chi connectivity index (χ4n) is 2.36. The summed E-state index contributed by atoms with van der Waals surface area (Å²) in [5.74, 6) is 0.353. The first-order valence-electron chi connectivity index (χ1n) is 5.66.